The zero-order chi connectivity index (χ0) is 16.4. The van der Waals surface area contributed by atoms with E-state index in [1.165, 1.54) is 12.1 Å². The molecule has 118 valence electrons. The number of halogens is 3. The third-order valence-electron chi connectivity index (χ3n) is 3.05. The molecule has 0 aliphatic carbocycles. The van der Waals surface area contributed by atoms with Gasteiger partial charge in [-0.25, -0.2) is 4.98 Å². The highest BCUT2D eigenvalue weighted by Crippen LogP contribution is 2.40. The Morgan fingerprint density at radius 2 is 1.61 bits per heavy atom. The van der Waals surface area contributed by atoms with E-state index in [1.54, 1.807) is 0 Å². The van der Waals surface area contributed by atoms with Crippen LogP contribution in [0.15, 0.2) is 54.6 Å². The van der Waals surface area contributed by atoms with Gasteiger partial charge in [0.1, 0.15) is 11.4 Å². The third-order valence-corrected chi connectivity index (χ3v) is 3.81. The Balaban J connectivity index is 1.89. The van der Waals surface area contributed by atoms with Gasteiger partial charge in [0, 0.05) is 5.56 Å². The summed E-state index contributed by atoms with van der Waals surface area (Å²) in [7, 11) is 0. The number of thiazole rings is 1. The summed E-state index contributed by atoms with van der Waals surface area (Å²) in [6.07, 6.45) is -4.37. The number of hydrogen-bond donors (Lipinski definition) is 1. The number of alkyl halides is 3. The Morgan fingerprint density at radius 3 is 2.22 bits per heavy atom. The standard InChI is InChI=1S/C16H11F3N2OS/c17-16(18,19)11-6-8-12(9-7-11)22-14-13(21-15(20)23-14)10-4-2-1-3-5-10/h1-9H,(H2,20,21). The predicted molar refractivity (Wildman–Crippen MR) is 83.5 cm³/mol. The van der Waals surface area contributed by atoms with Crippen molar-refractivity contribution in [3.05, 3.63) is 60.2 Å². The van der Waals surface area contributed by atoms with E-state index in [1.807, 2.05) is 30.3 Å². The zero-order valence-electron chi connectivity index (χ0n) is 11.7. The summed E-state index contributed by atoms with van der Waals surface area (Å²) >= 11 is 1.14. The van der Waals surface area contributed by atoms with E-state index < -0.39 is 11.7 Å². The first-order valence-electron chi connectivity index (χ1n) is 6.60. The summed E-state index contributed by atoms with van der Waals surface area (Å²) in [5.41, 5.74) is 6.39. The van der Waals surface area contributed by atoms with Crippen LogP contribution in [-0.4, -0.2) is 4.98 Å². The molecule has 3 rings (SSSR count). The van der Waals surface area contributed by atoms with E-state index >= 15 is 0 Å². The fraction of sp³-hybridized carbons (Fsp3) is 0.0625. The molecule has 0 aliphatic rings. The maximum absolute atomic E-state index is 12.6. The second kappa shape index (κ2) is 5.92. The second-order valence-electron chi connectivity index (χ2n) is 4.68. The first-order chi connectivity index (χ1) is 10.9. The average molecular weight is 336 g/mol. The van der Waals surface area contributed by atoms with Gasteiger partial charge in [0.2, 0.25) is 5.06 Å². The fourth-order valence-corrected chi connectivity index (χ4v) is 2.71. The van der Waals surface area contributed by atoms with Crippen LogP contribution in [0.4, 0.5) is 18.3 Å². The molecule has 0 bridgehead atoms. The maximum atomic E-state index is 12.6. The van der Waals surface area contributed by atoms with Crippen molar-refractivity contribution in [2.45, 2.75) is 6.18 Å². The third kappa shape index (κ3) is 3.45. The Labute approximate surface area is 134 Å². The van der Waals surface area contributed by atoms with Gasteiger partial charge >= 0.3 is 6.18 Å². The molecule has 1 heterocycles. The van der Waals surface area contributed by atoms with Crippen molar-refractivity contribution in [3.8, 4) is 22.1 Å². The molecular weight excluding hydrogens is 325 g/mol. The van der Waals surface area contributed by atoms with Crippen molar-refractivity contribution < 1.29 is 17.9 Å². The smallest absolute Gasteiger partial charge is 0.416 e. The highest BCUT2D eigenvalue weighted by atomic mass is 32.1. The topological polar surface area (TPSA) is 48.1 Å². The van der Waals surface area contributed by atoms with Crippen LogP contribution in [0, 0.1) is 0 Å². The highest BCUT2D eigenvalue weighted by Gasteiger charge is 2.30. The summed E-state index contributed by atoms with van der Waals surface area (Å²) < 4.78 is 43.4. The molecule has 0 atom stereocenters. The van der Waals surface area contributed by atoms with Crippen LogP contribution < -0.4 is 10.5 Å². The molecule has 3 aromatic rings. The van der Waals surface area contributed by atoms with Gasteiger partial charge < -0.3 is 10.5 Å². The van der Waals surface area contributed by atoms with E-state index in [2.05, 4.69) is 4.98 Å². The quantitative estimate of drug-likeness (QED) is 0.715. The Kier molecular flexibility index (Phi) is 3.96. The van der Waals surface area contributed by atoms with Crippen LogP contribution >= 0.6 is 11.3 Å². The molecule has 0 aliphatic heterocycles. The summed E-state index contributed by atoms with van der Waals surface area (Å²) in [6, 6.07) is 13.8. The van der Waals surface area contributed by atoms with Gasteiger partial charge in [-0.1, -0.05) is 41.7 Å². The van der Waals surface area contributed by atoms with Crippen molar-refractivity contribution in [2.24, 2.45) is 0 Å². The van der Waals surface area contributed by atoms with E-state index in [4.69, 9.17) is 10.5 Å². The van der Waals surface area contributed by atoms with Crippen LogP contribution in [0.1, 0.15) is 5.56 Å². The van der Waals surface area contributed by atoms with Crippen LogP contribution in [0.5, 0.6) is 10.8 Å². The minimum Gasteiger partial charge on any atom is -0.444 e. The second-order valence-corrected chi connectivity index (χ2v) is 5.67. The van der Waals surface area contributed by atoms with Gasteiger partial charge in [0.15, 0.2) is 5.13 Å². The van der Waals surface area contributed by atoms with Gasteiger partial charge in [-0.15, -0.1) is 0 Å². The number of nitrogens with zero attached hydrogens (tertiary/aromatic N) is 1. The maximum Gasteiger partial charge on any atom is 0.416 e. The fourth-order valence-electron chi connectivity index (χ4n) is 1.99. The molecule has 23 heavy (non-hydrogen) atoms. The van der Waals surface area contributed by atoms with Gasteiger partial charge in [0.05, 0.1) is 5.56 Å². The summed E-state index contributed by atoms with van der Waals surface area (Å²) in [4.78, 5) is 4.23. The monoisotopic (exact) mass is 336 g/mol. The van der Waals surface area contributed by atoms with Crippen LogP contribution in [0.2, 0.25) is 0 Å². The lowest BCUT2D eigenvalue weighted by Crippen LogP contribution is -2.03. The number of aromatic nitrogens is 1. The molecule has 0 amide bonds. The minimum absolute atomic E-state index is 0.291. The predicted octanol–water partition coefficient (Wildman–Crippen LogP) is 5.20. The SMILES string of the molecule is Nc1nc(-c2ccccc2)c(Oc2ccc(C(F)(F)F)cc2)s1. The van der Waals surface area contributed by atoms with E-state index in [0.717, 1.165) is 29.0 Å². The van der Waals surface area contributed by atoms with Gasteiger partial charge in [-0.3, -0.25) is 0 Å². The molecule has 3 nitrogen and oxygen atoms in total. The zero-order valence-corrected chi connectivity index (χ0v) is 12.5. The van der Waals surface area contributed by atoms with E-state index in [-0.39, 0.29) is 0 Å². The van der Waals surface area contributed by atoms with Crippen LogP contribution in [0.3, 0.4) is 0 Å². The van der Waals surface area contributed by atoms with Crippen molar-refractivity contribution in [1.29, 1.82) is 0 Å². The van der Waals surface area contributed by atoms with Crippen LogP contribution in [0.25, 0.3) is 11.3 Å². The van der Waals surface area contributed by atoms with Gasteiger partial charge in [0.25, 0.3) is 0 Å². The molecule has 2 aromatic carbocycles. The molecule has 0 saturated heterocycles. The molecule has 0 fully saturated rings. The molecule has 1 aromatic heterocycles. The average Bonchev–Trinajstić information content (AvgIpc) is 2.88. The largest absolute Gasteiger partial charge is 0.444 e. The number of nitrogens with two attached hydrogens (primary N) is 1. The Bertz CT molecular complexity index is 798. The number of nitrogen functional groups attached to an aromatic ring is 1. The summed E-state index contributed by atoms with van der Waals surface area (Å²) in [5.74, 6) is 0.291. The molecular formula is C16H11F3N2OS. The molecule has 2 N–H and O–H groups in total. The molecule has 7 heteroatoms. The van der Waals surface area contributed by atoms with Crippen molar-refractivity contribution in [1.82, 2.24) is 4.98 Å². The molecule has 0 spiro atoms. The highest BCUT2D eigenvalue weighted by molar-refractivity contribution is 7.17. The van der Waals surface area contributed by atoms with Crippen LogP contribution in [-0.2, 0) is 6.18 Å². The lowest BCUT2D eigenvalue weighted by atomic mass is 10.2. The number of ether oxygens (including phenoxy) is 1. The number of benzene rings is 2. The van der Waals surface area contributed by atoms with E-state index in [9.17, 15) is 13.2 Å². The Hall–Kier alpha value is -2.54. The van der Waals surface area contributed by atoms with Crippen molar-refractivity contribution in [3.63, 3.8) is 0 Å². The minimum atomic E-state index is -4.37. The van der Waals surface area contributed by atoms with Gasteiger partial charge in [-0.2, -0.15) is 13.2 Å². The number of rotatable bonds is 3. The first kappa shape index (κ1) is 15.4. The molecule has 0 saturated carbocycles. The summed E-state index contributed by atoms with van der Waals surface area (Å²) in [6.45, 7) is 0. The number of anilines is 1. The van der Waals surface area contributed by atoms with Crippen molar-refractivity contribution >= 4 is 16.5 Å². The number of hydrogen-bond acceptors (Lipinski definition) is 4. The summed E-state index contributed by atoms with van der Waals surface area (Å²) in [5, 5.41) is 0.763. The first-order valence-corrected chi connectivity index (χ1v) is 7.42. The molecule has 0 unspecified atom stereocenters. The molecule has 0 radical (unpaired) electrons. The van der Waals surface area contributed by atoms with E-state index in [0.29, 0.717) is 21.6 Å². The normalized spacial score (nSPS) is 11.4. The Morgan fingerprint density at radius 1 is 0.957 bits per heavy atom. The lowest BCUT2D eigenvalue weighted by molar-refractivity contribution is -0.137. The lowest BCUT2D eigenvalue weighted by Gasteiger charge is -2.08. The van der Waals surface area contributed by atoms with Crippen molar-refractivity contribution in [2.75, 3.05) is 5.73 Å². The van der Waals surface area contributed by atoms with Gasteiger partial charge in [-0.05, 0) is 24.3 Å².